The van der Waals surface area contributed by atoms with Crippen molar-refractivity contribution in [1.82, 2.24) is 5.32 Å². The van der Waals surface area contributed by atoms with E-state index in [4.69, 9.17) is 4.74 Å². The molecule has 1 rings (SSSR count). The monoisotopic (exact) mass is 263 g/mol. The second kappa shape index (κ2) is 8.98. The van der Waals surface area contributed by atoms with Crippen molar-refractivity contribution in [2.24, 2.45) is 0 Å². The summed E-state index contributed by atoms with van der Waals surface area (Å²) in [6.07, 6.45) is 5.03. The minimum absolute atomic E-state index is 0.392. The molecule has 0 aliphatic carbocycles. The van der Waals surface area contributed by atoms with E-state index in [0.717, 1.165) is 12.4 Å². The van der Waals surface area contributed by atoms with E-state index in [1.54, 1.807) is 0 Å². The molecule has 2 unspecified atom stereocenters. The van der Waals surface area contributed by atoms with E-state index in [9.17, 15) is 0 Å². The van der Waals surface area contributed by atoms with Crippen LogP contribution in [0.15, 0.2) is 24.3 Å². The summed E-state index contributed by atoms with van der Waals surface area (Å²) in [5, 5.41) is 3.66. The summed E-state index contributed by atoms with van der Waals surface area (Å²) in [4.78, 5) is 0. The molecule has 0 aliphatic heterocycles. The van der Waals surface area contributed by atoms with Gasteiger partial charge in [0.15, 0.2) is 0 Å². The SMILES string of the molecule is CCCCC(CC)NC(C)COc1ccc(C)cc1. The van der Waals surface area contributed by atoms with Crippen LogP contribution in [0.5, 0.6) is 5.75 Å². The molecule has 0 fully saturated rings. The van der Waals surface area contributed by atoms with Crippen LogP contribution < -0.4 is 10.1 Å². The molecule has 2 atom stereocenters. The predicted molar refractivity (Wildman–Crippen MR) is 82.9 cm³/mol. The van der Waals surface area contributed by atoms with Gasteiger partial charge in [0.25, 0.3) is 0 Å². The largest absolute Gasteiger partial charge is 0.492 e. The van der Waals surface area contributed by atoms with Gasteiger partial charge in [-0.05, 0) is 38.8 Å². The molecule has 0 saturated heterocycles. The van der Waals surface area contributed by atoms with Crippen molar-refractivity contribution in [2.75, 3.05) is 6.61 Å². The molecule has 1 aromatic carbocycles. The van der Waals surface area contributed by atoms with Gasteiger partial charge in [-0.25, -0.2) is 0 Å². The van der Waals surface area contributed by atoms with E-state index >= 15 is 0 Å². The molecule has 0 heterocycles. The molecule has 0 spiro atoms. The van der Waals surface area contributed by atoms with Gasteiger partial charge in [0.2, 0.25) is 0 Å². The molecule has 0 saturated carbocycles. The third-order valence-corrected chi connectivity index (χ3v) is 3.44. The first-order valence-electron chi connectivity index (χ1n) is 7.61. The normalized spacial score (nSPS) is 14.1. The highest BCUT2D eigenvalue weighted by Crippen LogP contribution is 2.12. The highest BCUT2D eigenvalue weighted by Gasteiger charge is 2.10. The fourth-order valence-corrected chi connectivity index (χ4v) is 2.16. The van der Waals surface area contributed by atoms with E-state index in [-0.39, 0.29) is 0 Å². The first kappa shape index (κ1) is 16.0. The summed E-state index contributed by atoms with van der Waals surface area (Å²) >= 11 is 0. The summed E-state index contributed by atoms with van der Waals surface area (Å²) in [5.74, 6) is 0.959. The number of ether oxygens (including phenoxy) is 1. The van der Waals surface area contributed by atoms with Gasteiger partial charge in [-0.2, -0.15) is 0 Å². The summed E-state index contributed by atoms with van der Waals surface area (Å²) < 4.78 is 5.81. The maximum absolute atomic E-state index is 5.81. The van der Waals surface area contributed by atoms with Crippen LogP contribution in [0.25, 0.3) is 0 Å². The second-order valence-electron chi connectivity index (χ2n) is 5.44. The van der Waals surface area contributed by atoms with Crippen LogP contribution in [-0.4, -0.2) is 18.7 Å². The number of hydrogen-bond donors (Lipinski definition) is 1. The Bertz CT molecular complexity index is 334. The molecule has 108 valence electrons. The third kappa shape index (κ3) is 6.63. The van der Waals surface area contributed by atoms with Gasteiger partial charge < -0.3 is 10.1 Å². The Morgan fingerprint density at radius 1 is 1.16 bits per heavy atom. The van der Waals surface area contributed by atoms with Gasteiger partial charge in [-0.15, -0.1) is 0 Å². The average Bonchev–Trinajstić information content (AvgIpc) is 2.42. The molecule has 0 radical (unpaired) electrons. The quantitative estimate of drug-likeness (QED) is 0.716. The average molecular weight is 263 g/mol. The summed E-state index contributed by atoms with van der Waals surface area (Å²) in [7, 11) is 0. The van der Waals surface area contributed by atoms with E-state index in [2.05, 4.69) is 45.1 Å². The fraction of sp³-hybridized carbons (Fsp3) is 0.647. The Hall–Kier alpha value is -1.02. The van der Waals surface area contributed by atoms with E-state index < -0.39 is 0 Å². The number of nitrogens with one attached hydrogen (secondary N) is 1. The van der Waals surface area contributed by atoms with E-state index in [1.807, 2.05) is 12.1 Å². The van der Waals surface area contributed by atoms with Crippen molar-refractivity contribution in [3.8, 4) is 5.75 Å². The Kier molecular flexibility index (Phi) is 7.57. The van der Waals surface area contributed by atoms with Gasteiger partial charge in [0.1, 0.15) is 12.4 Å². The van der Waals surface area contributed by atoms with Crippen LogP contribution in [0.1, 0.15) is 52.0 Å². The number of benzene rings is 1. The molecular formula is C17H29NO. The van der Waals surface area contributed by atoms with Gasteiger partial charge >= 0.3 is 0 Å². The summed E-state index contributed by atoms with van der Waals surface area (Å²) in [6.45, 7) is 9.51. The van der Waals surface area contributed by atoms with Crippen LogP contribution in [0.2, 0.25) is 0 Å². The Morgan fingerprint density at radius 3 is 2.42 bits per heavy atom. The van der Waals surface area contributed by atoms with Crippen molar-refractivity contribution in [2.45, 2.75) is 65.5 Å². The molecular weight excluding hydrogens is 234 g/mol. The molecule has 0 aliphatic rings. The van der Waals surface area contributed by atoms with Crippen molar-refractivity contribution < 1.29 is 4.74 Å². The number of unbranched alkanes of at least 4 members (excludes halogenated alkanes) is 1. The molecule has 19 heavy (non-hydrogen) atoms. The lowest BCUT2D eigenvalue weighted by molar-refractivity contribution is 0.255. The zero-order valence-electron chi connectivity index (χ0n) is 12.9. The lowest BCUT2D eigenvalue weighted by Crippen LogP contribution is -2.39. The van der Waals surface area contributed by atoms with Gasteiger partial charge in [-0.1, -0.05) is 44.4 Å². The third-order valence-electron chi connectivity index (χ3n) is 3.44. The van der Waals surface area contributed by atoms with Crippen LogP contribution in [0, 0.1) is 6.92 Å². The molecule has 0 amide bonds. The number of hydrogen-bond acceptors (Lipinski definition) is 2. The zero-order valence-corrected chi connectivity index (χ0v) is 12.9. The first-order valence-corrected chi connectivity index (χ1v) is 7.61. The second-order valence-corrected chi connectivity index (χ2v) is 5.44. The Balaban J connectivity index is 2.29. The van der Waals surface area contributed by atoms with Gasteiger partial charge in [0, 0.05) is 12.1 Å². The highest BCUT2D eigenvalue weighted by atomic mass is 16.5. The predicted octanol–water partition coefficient (Wildman–Crippen LogP) is 4.32. The Morgan fingerprint density at radius 2 is 1.84 bits per heavy atom. The van der Waals surface area contributed by atoms with Crippen molar-refractivity contribution in [3.05, 3.63) is 29.8 Å². The minimum atomic E-state index is 0.392. The topological polar surface area (TPSA) is 21.3 Å². The van der Waals surface area contributed by atoms with Crippen LogP contribution in [-0.2, 0) is 0 Å². The highest BCUT2D eigenvalue weighted by molar-refractivity contribution is 5.26. The van der Waals surface area contributed by atoms with Gasteiger partial charge in [0.05, 0.1) is 0 Å². The molecule has 0 bridgehead atoms. The Labute approximate surface area is 118 Å². The molecule has 1 aromatic rings. The maximum Gasteiger partial charge on any atom is 0.119 e. The van der Waals surface area contributed by atoms with Crippen LogP contribution in [0.3, 0.4) is 0 Å². The lowest BCUT2D eigenvalue weighted by atomic mass is 10.1. The maximum atomic E-state index is 5.81. The van der Waals surface area contributed by atoms with Crippen molar-refractivity contribution >= 4 is 0 Å². The van der Waals surface area contributed by atoms with E-state index in [0.29, 0.717) is 12.1 Å². The fourth-order valence-electron chi connectivity index (χ4n) is 2.16. The van der Waals surface area contributed by atoms with E-state index in [1.165, 1.54) is 31.2 Å². The van der Waals surface area contributed by atoms with Crippen LogP contribution in [0.4, 0.5) is 0 Å². The van der Waals surface area contributed by atoms with Crippen LogP contribution >= 0.6 is 0 Å². The molecule has 1 N–H and O–H groups in total. The standard InChI is InChI=1S/C17H29NO/c1-5-7-8-16(6-2)18-15(4)13-19-17-11-9-14(3)10-12-17/h9-12,15-16,18H,5-8,13H2,1-4H3. The summed E-state index contributed by atoms with van der Waals surface area (Å²) in [6, 6.07) is 9.26. The number of aryl methyl sites for hydroxylation is 1. The van der Waals surface area contributed by atoms with Crippen molar-refractivity contribution in [1.29, 1.82) is 0 Å². The molecule has 2 heteroatoms. The molecule has 0 aromatic heterocycles. The summed E-state index contributed by atoms with van der Waals surface area (Å²) in [5.41, 5.74) is 1.27. The number of rotatable bonds is 9. The van der Waals surface area contributed by atoms with Crippen molar-refractivity contribution in [3.63, 3.8) is 0 Å². The molecule has 2 nitrogen and oxygen atoms in total. The first-order chi connectivity index (χ1) is 9.15. The minimum Gasteiger partial charge on any atom is -0.492 e. The zero-order chi connectivity index (χ0) is 14.1. The lowest BCUT2D eigenvalue weighted by Gasteiger charge is -2.22. The van der Waals surface area contributed by atoms with Gasteiger partial charge in [-0.3, -0.25) is 0 Å². The smallest absolute Gasteiger partial charge is 0.119 e.